The molecule has 136 valence electrons. The number of benzene rings is 1. The number of nitrogens with zero attached hydrogens (tertiary/aromatic N) is 1. The molecule has 1 aromatic carbocycles. The fraction of sp³-hybridized carbons (Fsp3) is 0.474. The van der Waals surface area contributed by atoms with Crippen LogP contribution in [-0.4, -0.2) is 34.1 Å². The summed E-state index contributed by atoms with van der Waals surface area (Å²) < 4.78 is 2.16. The van der Waals surface area contributed by atoms with Gasteiger partial charge < -0.3 is 20.3 Å². The molecule has 6 heteroatoms. The van der Waals surface area contributed by atoms with Crippen molar-refractivity contribution < 1.29 is 14.7 Å². The number of aryl methyl sites for hydroxylation is 1. The molecule has 0 saturated carbocycles. The Hall–Kier alpha value is -2.34. The number of aromatic nitrogens is 1. The standard InChI is InChI=1S/C19H27N3O3/c1-4-9-22-10-8-14-11-15(6-7-16(14)22)21-19(25)18(24)20-12-17(23)13(3)5-2/h6-8,10-11,13,17,23H,4-5,9,12H2,1-3H3,(H,20,24)(H,21,25)/t13-,17-/m0/s1. The number of nitrogens with one attached hydrogen (secondary N) is 2. The predicted molar refractivity (Wildman–Crippen MR) is 99.3 cm³/mol. The summed E-state index contributed by atoms with van der Waals surface area (Å²) in [4.78, 5) is 23.9. The summed E-state index contributed by atoms with van der Waals surface area (Å²) in [5, 5.41) is 15.9. The van der Waals surface area contributed by atoms with Crippen LogP contribution in [0.2, 0.25) is 0 Å². The van der Waals surface area contributed by atoms with Crippen LogP contribution in [0.15, 0.2) is 30.5 Å². The quantitative estimate of drug-likeness (QED) is 0.674. The molecule has 0 radical (unpaired) electrons. The van der Waals surface area contributed by atoms with Gasteiger partial charge in [-0.1, -0.05) is 27.2 Å². The molecule has 25 heavy (non-hydrogen) atoms. The van der Waals surface area contributed by atoms with Crippen molar-refractivity contribution in [2.75, 3.05) is 11.9 Å². The summed E-state index contributed by atoms with van der Waals surface area (Å²) in [5.41, 5.74) is 1.67. The summed E-state index contributed by atoms with van der Waals surface area (Å²) in [6, 6.07) is 7.56. The number of aliphatic hydroxyl groups is 1. The summed E-state index contributed by atoms with van der Waals surface area (Å²) in [6.45, 7) is 7.00. The van der Waals surface area contributed by atoms with E-state index in [0.717, 1.165) is 30.3 Å². The van der Waals surface area contributed by atoms with Crippen molar-refractivity contribution in [1.29, 1.82) is 0 Å². The number of amides is 2. The van der Waals surface area contributed by atoms with E-state index >= 15 is 0 Å². The SMILES string of the molecule is CCCn1ccc2cc(NC(=O)C(=O)NC[C@H](O)[C@@H](C)CC)ccc21. The third-order valence-corrected chi connectivity index (χ3v) is 4.47. The summed E-state index contributed by atoms with van der Waals surface area (Å²) in [5.74, 6) is -1.41. The van der Waals surface area contributed by atoms with Gasteiger partial charge in [0, 0.05) is 35.9 Å². The fourth-order valence-electron chi connectivity index (χ4n) is 2.65. The van der Waals surface area contributed by atoms with Crippen LogP contribution < -0.4 is 10.6 Å². The van der Waals surface area contributed by atoms with Gasteiger partial charge in [-0.15, -0.1) is 0 Å². The van der Waals surface area contributed by atoms with Gasteiger partial charge in [0.2, 0.25) is 0 Å². The van der Waals surface area contributed by atoms with E-state index in [9.17, 15) is 14.7 Å². The molecule has 0 spiro atoms. The van der Waals surface area contributed by atoms with Gasteiger partial charge in [-0.05, 0) is 36.6 Å². The van der Waals surface area contributed by atoms with Crippen molar-refractivity contribution in [2.45, 2.75) is 46.3 Å². The molecule has 2 atom stereocenters. The first-order chi connectivity index (χ1) is 12.0. The molecule has 3 N–H and O–H groups in total. The molecule has 6 nitrogen and oxygen atoms in total. The number of carbonyl (C=O) groups excluding carboxylic acids is 2. The highest BCUT2D eigenvalue weighted by molar-refractivity contribution is 6.39. The van der Waals surface area contributed by atoms with Crippen molar-refractivity contribution in [3.63, 3.8) is 0 Å². The first-order valence-corrected chi connectivity index (χ1v) is 8.82. The largest absolute Gasteiger partial charge is 0.391 e. The molecule has 0 aliphatic carbocycles. The fourth-order valence-corrected chi connectivity index (χ4v) is 2.65. The Morgan fingerprint density at radius 3 is 2.64 bits per heavy atom. The molecular formula is C19H27N3O3. The van der Waals surface area contributed by atoms with Gasteiger partial charge in [0.15, 0.2) is 0 Å². The van der Waals surface area contributed by atoms with Crippen molar-refractivity contribution in [3.05, 3.63) is 30.5 Å². The number of hydrogen-bond donors (Lipinski definition) is 3. The van der Waals surface area contributed by atoms with E-state index in [4.69, 9.17) is 0 Å². The second-order valence-electron chi connectivity index (χ2n) is 6.40. The van der Waals surface area contributed by atoms with E-state index in [-0.39, 0.29) is 12.5 Å². The van der Waals surface area contributed by atoms with Crippen molar-refractivity contribution >= 4 is 28.4 Å². The Morgan fingerprint density at radius 2 is 1.96 bits per heavy atom. The number of anilines is 1. The minimum atomic E-state index is -0.744. The highest BCUT2D eigenvalue weighted by Crippen LogP contribution is 2.20. The molecule has 0 unspecified atom stereocenters. The van der Waals surface area contributed by atoms with Crippen LogP contribution in [-0.2, 0) is 16.1 Å². The Labute approximate surface area is 148 Å². The third-order valence-electron chi connectivity index (χ3n) is 4.47. The maximum atomic E-state index is 12.0. The summed E-state index contributed by atoms with van der Waals surface area (Å²) in [6.07, 6.45) is 3.21. The van der Waals surface area contributed by atoms with E-state index in [0.29, 0.717) is 5.69 Å². The Kier molecular flexibility index (Phi) is 6.58. The number of aliphatic hydroxyl groups excluding tert-OH is 1. The molecule has 0 aliphatic heterocycles. The zero-order valence-corrected chi connectivity index (χ0v) is 15.1. The maximum Gasteiger partial charge on any atom is 0.313 e. The minimum Gasteiger partial charge on any atom is -0.391 e. The molecule has 2 aromatic rings. The van der Waals surface area contributed by atoms with Crippen molar-refractivity contribution in [1.82, 2.24) is 9.88 Å². The zero-order valence-electron chi connectivity index (χ0n) is 15.1. The average molecular weight is 345 g/mol. The molecule has 2 amide bonds. The highest BCUT2D eigenvalue weighted by atomic mass is 16.3. The second kappa shape index (κ2) is 8.67. The smallest absolute Gasteiger partial charge is 0.313 e. The van der Waals surface area contributed by atoms with Gasteiger partial charge >= 0.3 is 11.8 Å². The van der Waals surface area contributed by atoms with Gasteiger partial charge in [-0.3, -0.25) is 9.59 Å². The second-order valence-corrected chi connectivity index (χ2v) is 6.40. The van der Waals surface area contributed by atoms with Crippen LogP contribution in [0, 0.1) is 5.92 Å². The maximum absolute atomic E-state index is 12.0. The molecule has 1 heterocycles. The van der Waals surface area contributed by atoms with E-state index in [2.05, 4.69) is 22.1 Å². The zero-order chi connectivity index (χ0) is 18.4. The monoisotopic (exact) mass is 345 g/mol. The molecule has 1 aromatic heterocycles. The lowest BCUT2D eigenvalue weighted by atomic mass is 10.0. The van der Waals surface area contributed by atoms with Crippen LogP contribution in [0.1, 0.15) is 33.6 Å². The lowest BCUT2D eigenvalue weighted by Crippen LogP contribution is -2.41. The van der Waals surface area contributed by atoms with Crippen molar-refractivity contribution in [2.24, 2.45) is 5.92 Å². The predicted octanol–water partition coefficient (Wildman–Crippen LogP) is 2.51. The topological polar surface area (TPSA) is 83.4 Å². The summed E-state index contributed by atoms with van der Waals surface area (Å²) >= 11 is 0. The minimum absolute atomic E-state index is 0.0675. The number of fused-ring (bicyclic) bond motifs is 1. The third kappa shape index (κ3) is 4.82. The molecule has 2 rings (SSSR count). The highest BCUT2D eigenvalue weighted by Gasteiger charge is 2.18. The average Bonchev–Trinajstić information content (AvgIpc) is 3.01. The molecule has 0 bridgehead atoms. The van der Waals surface area contributed by atoms with E-state index in [1.165, 1.54) is 0 Å². The van der Waals surface area contributed by atoms with E-state index in [1.807, 2.05) is 38.2 Å². The Bertz CT molecular complexity index is 739. The lowest BCUT2D eigenvalue weighted by Gasteiger charge is -2.17. The molecule has 0 fully saturated rings. The van der Waals surface area contributed by atoms with Crippen LogP contribution >= 0.6 is 0 Å². The van der Waals surface area contributed by atoms with Gasteiger partial charge in [-0.2, -0.15) is 0 Å². The van der Waals surface area contributed by atoms with E-state index in [1.54, 1.807) is 6.07 Å². The first-order valence-electron chi connectivity index (χ1n) is 8.82. The molecular weight excluding hydrogens is 318 g/mol. The lowest BCUT2D eigenvalue weighted by molar-refractivity contribution is -0.136. The van der Waals surface area contributed by atoms with Gasteiger partial charge in [0.05, 0.1) is 6.10 Å². The summed E-state index contributed by atoms with van der Waals surface area (Å²) in [7, 11) is 0. The van der Waals surface area contributed by atoms with Crippen LogP contribution in [0.3, 0.4) is 0 Å². The van der Waals surface area contributed by atoms with Crippen LogP contribution in [0.5, 0.6) is 0 Å². The normalized spacial score (nSPS) is 13.4. The van der Waals surface area contributed by atoms with Gasteiger partial charge in [0.1, 0.15) is 0 Å². The Balaban J connectivity index is 1.95. The van der Waals surface area contributed by atoms with E-state index < -0.39 is 17.9 Å². The van der Waals surface area contributed by atoms with Gasteiger partial charge in [-0.25, -0.2) is 0 Å². The molecule has 0 saturated heterocycles. The first kappa shape index (κ1) is 19.0. The van der Waals surface area contributed by atoms with Crippen LogP contribution in [0.4, 0.5) is 5.69 Å². The van der Waals surface area contributed by atoms with Crippen LogP contribution in [0.25, 0.3) is 10.9 Å². The number of rotatable bonds is 7. The number of hydrogen-bond acceptors (Lipinski definition) is 3. The molecule has 0 aliphatic rings. The Morgan fingerprint density at radius 1 is 1.20 bits per heavy atom. The number of carbonyl (C=O) groups is 2. The van der Waals surface area contributed by atoms with Gasteiger partial charge in [0.25, 0.3) is 0 Å². The van der Waals surface area contributed by atoms with Crippen molar-refractivity contribution in [3.8, 4) is 0 Å².